The van der Waals surface area contributed by atoms with E-state index in [0.29, 0.717) is 24.5 Å². The van der Waals surface area contributed by atoms with Gasteiger partial charge < -0.3 is 14.8 Å². The third-order valence-electron chi connectivity index (χ3n) is 3.79. The predicted molar refractivity (Wildman–Crippen MR) is 100 cm³/mol. The quantitative estimate of drug-likeness (QED) is 0.477. The van der Waals surface area contributed by atoms with Crippen LogP contribution in [0.5, 0.6) is 17.4 Å². The maximum absolute atomic E-state index is 11.6. The number of rotatable bonds is 8. The Balaban J connectivity index is 1.76. The van der Waals surface area contributed by atoms with E-state index in [1.165, 1.54) is 6.33 Å². The van der Waals surface area contributed by atoms with Crippen LogP contribution in [0, 0.1) is 10.1 Å². The molecule has 0 unspecified atom stereocenters. The summed E-state index contributed by atoms with van der Waals surface area (Å²) in [7, 11) is 1.55. The van der Waals surface area contributed by atoms with Crippen molar-refractivity contribution in [1.29, 1.82) is 0 Å². The number of hydrogen-bond acceptors (Lipinski definition) is 7. The zero-order valence-electron chi connectivity index (χ0n) is 14.7. The van der Waals surface area contributed by atoms with E-state index in [4.69, 9.17) is 9.47 Å². The minimum absolute atomic E-state index is 0.120. The minimum Gasteiger partial charge on any atom is -0.497 e. The molecule has 8 nitrogen and oxygen atoms in total. The lowest BCUT2D eigenvalue weighted by Crippen LogP contribution is -2.10. The molecule has 0 saturated carbocycles. The average Bonchev–Trinajstić information content (AvgIpc) is 2.69. The van der Waals surface area contributed by atoms with Crippen molar-refractivity contribution in [1.82, 2.24) is 9.97 Å². The van der Waals surface area contributed by atoms with Crippen molar-refractivity contribution in [2.75, 3.05) is 19.0 Å². The normalized spacial score (nSPS) is 10.3. The Morgan fingerprint density at radius 2 is 1.74 bits per heavy atom. The summed E-state index contributed by atoms with van der Waals surface area (Å²) in [6.45, 7) is 0.490. The molecule has 1 N–H and O–H groups in total. The zero-order valence-corrected chi connectivity index (χ0v) is 14.7. The van der Waals surface area contributed by atoms with Crippen LogP contribution in [0.4, 0.5) is 11.5 Å². The summed E-state index contributed by atoms with van der Waals surface area (Å²) in [5.74, 6) is 1.06. The lowest BCUT2D eigenvalue weighted by Gasteiger charge is -2.09. The Morgan fingerprint density at radius 1 is 1.04 bits per heavy atom. The fourth-order valence-electron chi connectivity index (χ4n) is 2.46. The molecule has 3 rings (SSSR count). The molecule has 0 spiro atoms. The molecule has 0 amide bonds. The van der Waals surface area contributed by atoms with Crippen LogP contribution in [0.2, 0.25) is 0 Å². The summed E-state index contributed by atoms with van der Waals surface area (Å²) in [4.78, 5) is 18.9. The van der Waals surface area contributed by atoms with Crippen LogP contribution in [0.15, 0.2) is 60.9 Å². The number of nitrogens with zero attached hydrogens (tertiary/aromatic N) is 3. The second-order valence-corrected chi connectivity index (χ2v) is 5.57. The summed E-state index contributed by atoms with van der Waals surface area (Å²) in [5.41, 5.74) is 0.817. The maximum Gasteiger partial charge on any atom is 0.373 e. The van der Waals surface area contributed by atoms with E-state index in [1.54, 1.807) is 31.4 Å². The van der Waals surface area contributed by atoms with Gasteiger partial charge in [0.1, 0.15) is 17.8 Å². The van der Waals surface area contributed by atoms with Crippen molar-refractivity contribution in [3.63, 3.8) is 0 Å². The molecule has 0 radical (unpaired) electrons. The van der Waals surface area contributed by atoms with E-state index < -0.39 is 4.92 Å². The standard InChI is InChI=1S/C19H18N4O4/c1-26-15-7-9-16(10-8-15)27-19-17(23(24)25)18(21-13-22-19)20-12-11-14-5-3-2-4-6-14/h2-10,13H,11-12H2,1H3,(H,20,21,22). The van der Waals surface area contributed by atoms with Crippen LogP contribution in [-0.4, -0.2) is 28.5 Å². The predicted octanol–water partition coefficient (Wildman–Crippen LogP) is 3.84. The van der Waals surface area contributed by atoms with Crippen LogP contribution in [0.1, 0.15) is 5.56 Å². The second-order valence-electron chi connectivity index (χ2n) is 5.57. The number of anilines is 1. The van der Waals surface area contributed by atoms with Crippen molar-refractivity contribution in [2.45, 2.75) is 6.42 Å². The molecular weight excluding hydrogens is 348 g/mol. The smallest absolute Gasteiger partial charge is 0.373 e. The van der Waals surface area contributed by atoms with Gasteiger partial charge in [0, 0.05) is 6.54 Å². The first-order valence-electron chi connectivity index (χ1n) is 8.26. The maximum atomic E-state index is 11.6. The van der Waals surface area contributed by atoms with Gasteiger partial charge in [0.15, 0.2) is 0 Å². The first-order chi connectivity index (χ1) is 13.2. The Morgan fingerprint density at radius 3 is 2.41 bits per heavy atom. The average molecular weight is 366 g/mol. The Labute approximate surface area is 156 Å². The summed E-state index contributed by atoms with van der Waals surface area (Å²) in [5, 5.41) is 14.5. The van der Waals surface area contributed by atoms with Crippen molar-refractivity contribution >= 4 is 11.5 Å². The first-order valence-corrected chi connectivity index (χ1v) is 8.26. The fourth-order valence-corrected chi connectivity index (χ4v) is 2.46. The fraction of sp³-hybridized carbons (Fsp3) is 0.158. The van der Waals surface area contributed by atoms with Crippen molar-refractivity contribution in [3.05, 3.63) is 76.6 Å². The van der Waals surface area contributed by atoms with Gasteiger partial charge >= 0.3 is 11.6 Å². The van der Waals surface area contributed by atoms with E-state index in [1.807, 2.05) is 30.3 Å². The molecule has 0 saturated heterocycles. The number of nitrogens with one attached hydrogen (secondary N) is 1. The number of nitro groups is 1. The molecule has 0 aliphatic carbocycles. The van der Waals surface area contributed by atoms with Crippen molar-refractivity contribution < 1.29 is 14.4 Å². The van der Waals surface area contributed by atoms with E-state index >= 15 is 0 Å². The zero-order chi connectivity index (χ0) is 19.1. The molecule has 0 aliphatic heterocycles. The molecule has 0 bridgehead atoms. The minimum atomic E-state index is -0.552. The number of hydrogen-bond donors (Lipinski definition) is 1. The molecule has 27 heavy (non-hydrogen) atoms. The van der Waals surface area contributed by atoms with Crippen molar-refractivity contribution in [3.8, 4) is 17.4 Å². The van der Waals surface area contributed by atoms with E-state index in [2.05, 4.69) is 15.3 Å². The number of ether oxygens (including phenoxy) is 2. The lowest BCUT2D eigenvalue weighted by molar-refractivity contribution is -0.385. The van der Waals surface area contributed by atoms with Gasteiger partial charge in [-0.15, -0.1) is 0 Å². The molecule has 0 atom stereocenters. The highest BCUT2D eigenvalue weighted by molar-refractivity contribution is 5.61. The Bertz CT molecular complexity index is 901. The highest BCUT2D eigenvalue weighted by atomic mass is 16.6. The summed E-state index contributed by atoms with van der Waals surface area (Å²) in [6.07, 6.45) is 1.94. The molecule has 0 fully saturated rings. The van der Waals surface area contributed by atoms with Gasteiger partial charge in [-0.25, -0.2) is 4.98 Å². The summed E-state index contributed by atoms with van der Waals surface area (Å²) >= 11 is 0. The first kappa shape index (κ1) is 18.1. The van der Waals surface area contributed by atoms with Gasteiger partial charge in [0.25, 0.3) is 0 Å². The van der Waals surface area contributed by atoms with Crippen LogP contribution in [0.3, 0.4) is 0 Å². The van der Waals surface area contributed by atoms with Gasteiger partial charge in [-0.05, 0) is 36.2 Å². The van der Waals surface area contributed by atoms with E-state index in [-0.39, 0.29) is 17.4 Å². The molecule has 0 aliphatic rings. The van der Waals surface area contributed by atoms with E-state index in [9.17, 15) is 10.1 Å². The molecule has 1 heterocycles. The van der Waals surface area contributed by atoms with Crippen LogP contribution >= 0.6 is 0 Å². The van der Waals surface area contributed by atoms with Crippen LogP contribution in [0.25, 0.3) is 0 Å². The molecule has 138 valence electrons. The summed E-state index contributed by atoms with van der Waals surface area (Å²) < 4.78 is 10.7. The molecular formula is C19H18N4O4. The largest absolute Gasteiger partial charge is 0.497 e. The Kier molecular flexibility index (Phi) is 5.78. The van der Waals surface area contributed by atoms with Gasteiger partial charge in [-0.1, -0.05) is 30.3 Å². The third-order valence-corrected chi connectivity index (χ3v) is 3.79. The van der Waals surface area contributed by atoms with Gasteiger partial charge in [-0.2, -0.15) is 4.98 Å². The van der Waals surface area contributed by atoms with Crippen LogP contribution in [-0.2, 0) is 6.42 Å². The molecule has 3 aromatic rings. The van der Waals surface area contributed by atoms with Crippen LogP contribution < -0.4 is 14.8 Å². The van der Waals surface area contributed by atoms with Gasteiger partial charge in [0.05, 0.1) is 12.0 Å². The number of methoxy groups -OCH3 is 1. The molecule has 1 aromatic heterocycles. The van der Waals surface area contributed by atoms with Crippen molar-refractivity contribution in [2.24, 2.45) is 0 Å². The lowest BCUT2D eigenvalue weighted by atomic mass is 10.1. The highest BCUT2D eigenvalue weighted by Gasteiger charge is 2.24. The molecule has 8 heteroatoms. The van der Waals surface area contributed by atoms with E-state index in [0.717, 1.165) is 5.56 Å². The Hall–Kier alpha value is -3.68. The second kappa shape index (κ2) is 8.61. The topological polar surface area (TPSA) is 99.4 Å². The number of aromatic nitrogens is 2. The third kappa shape index (κ3) is 4.69. The van der Waals surface area contributed by atoms with Gasteiger partial charge in [0.2, 0.25) is 5.82 Å². The number of benzene rings is 2. The summed E-state index contributed by atoms with van der Waals surface area (Å²) in [6, 6.07) is 16.5. The van der Waals surface area contributed by atoms with Gasteiger partial charge in [-0.3, -0.25) is 10.1 Å². The monoisotopic (exact) mass is 366 g/mol. The highest BCUT2D eigenvalue weighted by Crippen LogP contribution is 2.34. The molecule has 2 aromatic carbocycles. The SMILES string of the molecule is COc1ccc(Oc2ncnc(NCCc3ccccc3)c2[N+](=O)[O-])cc1.